The predicted octanol–water partition coefficient (Wildman–Crippen LogP) is 4.70. The molecule has 2 heterocycles. The van der Waals surface area contributed by atoms with Gasteiger partial charge in [-0.1, -0.05) is 48.0 Å². The number of anilines is 1. The van der Waals surface area contributed by atoms with Crippen LogP contribution in [-0.4, -0.2) is 30.0 Å². The van der Waals surface area contributed by atoms with Crippen LogP contribution in [0.1, 0.15) is 28.3 Å². The van der Waals surface area contributed by atoms with E-state index in [-0.39, 0.29) is 11.3 Å². The number of hydrogen-bond acceptors (Lipinski definition) is 5. The molecule has 2 aliphatic heterocycles. The molecule has 1 fully saturated rings. The van der Waals surface area contributed by atoms with Crippen molar-refractivity contribution in [2.45, 2.75) is 19.9 Å². The minimum Gasteiger partial charge on any atom is -0.507 e. The normalized spacial score (nSPS) is 19.1. The molecule has 0 spiro atoms. The topological polar surface area (TPSA) is 76.1 Å². The lowest BCUT2D eigenvalue weighted by atomic mass is 9.94. The Balaban J connectivity index is 1.70. The van der Waals surface area contributed by atoms with Gasteiger partial charge in [0, 0.05) is 11.3 Å². The van der Waals surface area contributed by atoms with Crippen LogP contribution in [0.4, 0.5) is 5.69 Å². The van der Waals surface area contributed by atoms with Gasteiger partial charge in [0.05, 0.1) is 11.6 Å². The van der Waals surface area contributed by atoms with Crippen molar-refractivity contribution in [1.29, 1.82) is 0 Å². The largest absolute Gasteiger partial charge is 0.507 e. The Hall–Kier alpha value is -4.06. The molecule has 3 aromatic rings. The fraction of sp³-hybridized carbons (Fsp3) is 0.185. The molecule has 5 rings (SSSR count). The third kappa shape index (κ3) is 3.53. The van der Waals surface area contributed by atoms with E-state index >= 15 is 0 Å². The van der Waals surface area contributed by atoms with Crippen molar-refractivity contribution in [2.24, 2.45) is 0 Å². The number of Topliss-reactive ketones (excluding diaryl/α,β-unsaturated/α-hetero) is 1. The zero-order chi connectivity index (χ0) is 23.1. The number of fused-ring (bicyclic) bond motifs is 1. The minimum absolute atomic E-state index is 0.0443. The van der Waals surface area contributed by atoms with E-state index in [0.29, 0.717) is 36.0 Å². The smallest absolute Gasteiger partial charge is 0.300 e. The lowest BCUT2D eigenvalue weighted by Gasteiger charge is -2.27. The Labute approximate surface area is 191 Å². The number of benzene rings is 3. The van der Waals surface area contributed by atoms with Gasteiger partial charge in [-0.05, 0) is 49.2 Å². The Morgan fingerprint density at radius 1 is 0.909 bits per heavy atom. The SMILES string of the molecule is Cc1ccc(N2C(=O)C(=O)/C(=C(\O)c3ccc4c(c3)OCCO4)C2c2ccccc2)c(C)c1. The van der Waals surface area contributed by atoms with Gasteiger partial charge in [0.2, 0.25) is 0 Å². The average molecular weight is 441 g/mol. The summed E-state index contributed by atoms with van der Waals surface area (Å²) in [4.78, 5) is 28.1. The Kier molecular flexibility index (Phi) is 5.13. The predicted molar refractivity (Wildman–Crippen MR) is 125 cm³/mol. The maximum atomic E-state index is 13.3. The van der Waals surface area contributed by atoms with Crippen LogP contribution in [0.2, 0.25) is 0 Å². The molecule has 0 bridgehead atoms. The molecule has 1 unspecified atom stereocenters. The Morgan fingerprint density at radius 3 is 2.36 bits per heavy atom. The molecule has 1 amide bonds. The summed E-state index contributed by atoms with van der Waals surface area (Å²) in [6.07, 6.45) is 0. The van der Waals surface area contributed by atoms with Gasteiger partial charge in [0.1, 0.15) is 19.0 Å². The fourth-order valence-corrected chi connectivity index (χ4v) is 4.45. The molecule has 0 saturated carbocycles. The van der Waals surface area contributed by atoms with E-state index in [1.165, 1.54) is 4.90 Å². The van der Waals surface area contributed by atoms with E-state index < -0.39 is 17.7 Å². The van der Waals surface area contributed by atoms with Gasteiger partial charge < -0.3 is 14.6 Å². The highest BCUT2D eigenvalue weighted by Gasteiger charge is 2.47. The second kappa shape index (κ2) is 8.13. The number of rotatable bonds is 3. The van der Waals surface area contributed by atoms with E-state index in [9.17, 15) is 14.7 Å². The summed E-state index contributed by atoms with van der Waals surface area (Å²) >= 11 is 0. The maximum absolute atomic E-state index is 13.3. The van der Waals surface area contributed by atoms with Crippen molar-refractivity contribution >= 4 is 23.1 Å². The zero-order valence-corrected chi connectivity index (χ0v) is 18.4. The molecule has 33 heavy (non-hydrogen) atoms. The summed E-state index contributed by atoms with van der Waals surface area (Å²) < 4.78 is 11.2. The van der Waals surface area contributed by atoms with Crippen LogP contribution in [0.25, 0.3) is 5.76 Å². The standard InChI is InChI=1S/C27H23NO5/c1-16-8-10-20(17(2)14-16)28-24(18-6-4-3-5-7-18)23(26(30)27(28)31)25(29)19-9-11-21-22(15-19)33-13-12-32-21/h3-11,14-15,24,29H,12-13H2,1-2H3/b25-23-. The first-order chi connectivity index (χ1) is 16.0. The minimum atomic E-state index is -0.763. The Morgan fingerprint density at radius 2 is 1.64 bits per heavy atom. The van der Waals surface area contributed by atoms with E-state index in [2.05, 4.69) is 0 Å². The highest BCUT2D eigenvalue weighted by Crippen LogP contribution is 2.44. The van der Waals surface area contributed by atoms with Crippen molar-refractivity contribution in [2.75, 3.05) is 18.1 Å². The number of hydrogen-bond donors (Lipinski definition) is 1. The van der Waals surface area contributed by atoms with Crippen molar-refractivity contribution in [3.8, 4) is 11.5 Å². The van der Waals surface area contributed by atoms with Gasteiger partial charge in [-0.15, -0.1) is 0 Å². The number of carbonyl (C=O) groups is 2. The molecule has 166 valence electrons. The van der Waals surface area contributed by atoms with Gasteiger partial charge in [0.25, 0.3) is 11.7 Å². The zero-order valence-electron chi connectivity index (χ0n) is 18.4. The summed E-state index contributed by atoms with van der Waals surface area (Å²) in [5.41, 5.74) is 3.73. The number of aryl methyl sites for hydroxylation is 2. The summed E-state index contributed by atoms with van der Waals surface area (Å²) in [5.74, 6) is -0.573. The van der Waals surface area contributed by atoms with Crippen molar-refractivity contribution in [3.05, 3.63) is 94.6 Å². The first kappa shape index (κ1) is 20.8. The fourth-order valence-electron chi connectivity index (χ4n) is 4.45. The first-order valence-electron chi connectivity index (χ1n) is 10.8. The first-order valence-corrected chi connectivity index (χ1v) is 10.8. The summed E-state index contributed by atoms with van der Waals surface area (Å²) in [6.45, 7) is 4.73. The van der Waals surface area contributed by atoms with E-state index in [0.717, 1.165) is 16.7 Å². The number of nitrogens with zero attached hydrogens (tertiary/aromatic N) is 1. The Bertz CT molecular complexity index is 1300. The van der Waals surface area contributed by atoms with Crippen LogP contribution < -0.4 is 14.4 Å². The summed E-state index contributed by atoms with van der Waals surface area (Å²) in [7, 11) is 0. The number of amides is 1. The van der Waals surface area contributed by atoms with Gasteiger partial charge >= 0.3 is 0 Å². The van der Waals surface area contributed by atoms with Gasteiger partial charge in [0.15, 0.2) is 11.5 Å². The van der Waals surface area contributed by atoms with Crippen LogP contribution in [0.3, 0.4) is 0 Å². The van der Waals surface area contributed by atoms with Crippen LogP contribution in [0, 0.1) is 13.8 Å². The molecule has 1 N–H and O–H groups in total. The molecule has 3 aromatic carbocycles. The van der Waals surface area contributed by atoms with Crippen molar-refractivity contribution < 1.29 is 24.2 Å². The monoisotopic (exact) mass is 441 g/mol. The molecular formula is C27H23NO5. The van der Waals surface area contributed by atoms with Crippen molar-refractivity contribution in [3.63, 3.8) is 0 Å². The molecule has 0 aromatic heterocycles. The van der Waals surface area contributed by atoms with Crippen LogP contribution in [-0.2, 0) is 9.59 Å². The van der Waals surface area contributed by atoms with Gasteiger partial charge in [-0.25, -0.2) is 0 Å². The van der Waals surface area contributed by atoms with Crippen LogP contribution in [0.15, 0.2) is 72.3 Å². The molecular weight excluding hydrogens is 418 g/mol. The van der Waals surface area contributed by atoms with E-state index in [1.807, 2.05) is 62.4 Å². The van der Waals surface area contributed by atoms with Crippen LogP contribution in [0.5, 0.6) is 11.5 Å². The summed E-state index contributed by atoms with van der Waals surface area (Å²) in [6, 6.07) is 19.2. The molecule has 6 heteroatoms. The molecule has 2 aliphatic rings. The summed E-state index contributed by atoms with van der Waals surface area (Å²) in [5, 5.41) is 11.3. The molecule has 6 nitrogen and oxygen atoms in total. The number of ketones is 1. The maximum Gasteiger partial charge on any atom is 0.300 e. The highest BCUT2D eigenvalue weighted by molar-refractivity contribution is 6.51. The molecule has 0 radical (unpaired) electrons. The number of aliphatic hydroxyl groups excluding tert-OH is 1. The quantitative estimate of drug-likeness (QED) is 0.362. The molecule has 0 aliphatic carbocycles. The second-order valence-electron chi connectivity index (χ2n) is 8.23. The van der Waals surface area contributed by atoms with E-state index in [1.54, 1.807) is 18.2 Å². The van der Waals surface area contributed by atoms with Gasteiger partial charge in [-0.3, -0.25) is 14.5 Å². The molecule has 1 atom stereocenters. The number of carbonyl (C=O) groups excluding carboxylic acids is 2. The lowest BCUT2D eigenvalue weighted by molar-refractivity contribution is -0.132. The van der Waals surface area contributed by atoms with Crippen LogP contribution >= 0.6 is 0 Å². The second-order valence-corrected chi connectivity index (χ2v) is 8.23. The van der Waals surface area contributed by atoms with E-state index in [4.69, 9.17) is 9.47 Å². The third-order valence-corrected chi connectivity index (χ3v) is 5.99. The highest BCUT2D eigenvalue weighted by atomic mass is 16.6. The number of aliphatic hydroxyl groups is 1. The van der Waals surface area contributed by atoms with Crippen molar-refractivity contribution in [1.82, 2.24) is 0 Å². The van der Waals surface area contributed by atoms with Gasteiger partial charge in [-0.2, -0.15) is 0 Å². The lowest BCUT2D eigenvalue weighted by Crippen LogP contribution is -2.30. The average Bonchev–Trinajstić information content (AvgIpc) is 3.09. The number of ether oxygens (including phenoxy) is 2. The third-order valence-electron chi connectivity index (χ3n) is 5.99. The molecule has 1 saturated heterocycles.